The molecule has 1 aliphatic heterocycles. The molecule has 7 nitrogen and oxygen atoms in total. The number of aryl methyl sites for hydroxylation is 1. The van der Waals surface area contributed by atoms with E-state index in [4.69, 9.17) is 10.2 Å². The molecular weight excluding hydrogens is 332 g/mol. The number of carbonyl (C=O) groups excluding carboxylic acids is 2. The molecule has 0 saturated carbocycles. The van der Waals surface area contributed by atoms with E-state index in [1.165, 1.54) is 0 Å². The van der Waals surface area contributed by atoms with Gasteiger partial charge >= 0.3 is 0 Å². The summed E-state index contributed by atoms with van der Waals surface area (Å²) >= 11 is 0. The Kier molecular flexibility index (Phi) is 7.66. The third-order valence-corrected chi connectivity index (χ3v) is 5.03. The van der Waals surface area contributed by atoms with Crippen LogP contribution in [-0.2, 0) is 17.8 Å². The van der Waals surface area contributed by atoms with Gasteiger partial charge in [-0.1, -0.05) is 20.8 Å². The minimum absolute atomic E-state index is 0.105. The lowest BCUT2D eigenvalue weighted by Crippen LogP contribution is -2.46. The molecule has 0 atom stereocenters. The van der Waals surface area contributed by atoms with Crippen LogP contribution in [0.3, 0.4) is 0 Å². The minimum atomic E-state index is -0.309. The van der Waals surface area contributed by atoms with Crippen LogP contribution in [0.4, 0.5) is 0 Å². The zero-order valence-corrected chi connectivity index (χ0v) is 16.2. The maximum atomic E-state index is 12.6. The smallest absolute Gasteiger partial charge is 0.287 e. The molecule has 2 rings (SSSR count). The van der Waals surface area contributed by atoms with Crippen LogP contribution in [0.15, 0.2) is 10.5 Å². The average Bonchev–Trinajstić information content (AvgIpc) is 3.04. The van der Waals surface area contributed by atoms with Crippen LogP contribution in [0, 0.1) is 0 Å². The van der Waals surface area contributed by atoms with E-state index in [-0.39, 0.29) is 24.4 Å². The standard InChI is InChI=1S/C19H32N4O3/c1-4-16-14(12-22(5-2)6-3)11-17(26-16)19(25)21-15-7-9-23(10-8-15)13-18(20)24/h11,15H,4-10,12-13H2,1-3H3,(H2,20,24)(H,21,25). The summed E-state index contributed by atoms with van der Waals surface area (Å²) in [7, 11) is 0. The number of piperidine rings is 1. The molecule has 1 aliphatic rings. The summed E-state index contributed by atoms with van der Waals surface area (Å²) < 4.78 is 5.82. The number of furan rings is 1. The first-order valence-electron chi connectivity index (χ1n) is 9.62. The van der Waals surface area contributed by atoms with Crippen LogP contribution in [0.5, 0.6) is 0 Å². The van der Waals surface area contributed by atoms with Crippen molar-refractivity contribution < 1.29 is 14.0 Å². The second-order valence-corrected chi connectivity index (χ2v) is 6.86. The monoisotopic (exact) mass is 364 g/mol. The molecule has 0 unspecified atom stereocenters. The molecular formula is C19H32N4O3. The van der Waals surface area contributed by atoms with Gasteiger partial charge in [0.1, 0.15) is 5.76 Å². The highest BCUT2D eigenvalue weighted by molar-refractivity contribution is 5.92. The second-order valence-electron chi connectivity index (χ2n) is 6.86. The predicted octanol–water partition coefficient (Wildman–Crippen LogP) is 1.36. The summed E-state index contributed by atoms with van der Waals surface area (Å²) in [5, 5.41) is 3.07. The number of nitrogens with zero attached hydrogens (tertiary/aromatic N) is 2. The Balaban J connectivity index is 1.93. The molecule has 1 fully saturated rings. The van der Waals surface area contributed by atoms with Crippen molar-refractivity contribution in [1.82, 2.24) is 15.1 Å². The zero-order chi connectivity index (χ0) is 19.1. The van der Waals surface area contributed by atoms with Gasteiger partial charge in [0.05, 0.1) is 6.54 Å². The number of hydrogen-bond acceptors (Lipinski definition) is 5. The van der Waals surface area contributed by atoms with Crippen molar-refractivity contribution >= 4 is 11.8 Å². The van der Waals surface area contributed by atoms with E-state index >= 15 is 0 Å². The van der Waals surface area contributed by atoms with Gasteiger partial charge in [-0.15, -0.1) is 0 Å². The van der Waals surface area contributed by atoms with E-state index in [1.54, 1.807) is 0 Å². The molecule has 0 aliphatic carbocycles. The first-order valence-corrected chi connectivity index (χ1v) is 9.62. The Morgan fingerprint density at radius 3 is 2.46 bits per heavy atom. The van der Waals surface area contributed by atoms with Crippen molar-refractivity contribution in [3.63, 3.8) is 0 Å². The molecule has 0 bridgehead atoms. The summed E-state index contributed by atoms with van der Waals surface area (Å²) in [5.41, 5.74) is 6.33. The number of rotatable bonds is 9. The molecule has 1 saturated heterocycles. The third kappa shape index (κ3) is 5.57. The molecule has 3 N–H and O–H groups in total. The van der Waals surface area contributed by atoms with Gasteiger partial charge in [0.25, 0.3) is 5.91 Å². The van der Waals surface area contributed by atoms with Crippen LogP contribution in [-0.4, -0.2) is 60.4 Å². The Morgan fingerprint density at radius 2 is 1.92 bits per heavy atom. The Bertz CT molecular complexity index is 602. The molecule has 2 amide bonds. The predicted molar refractivity (Wildman–Crippen MR) is 101 cm³/mol. The van der Waals surface area contributed by atoms with Crippen molar-refractivity contribution in [3.05, 3.63) is 23.2 Å². The topological polar surface area (TPSA) is 91.8 Å². The van der Waals surface area contributed by atoms with Crippen LogP contribution in [0.2, 0.25) is 0 Å². The summed E-state index contributed by atoms with van der Waals surface area (Å²) in [4.78, 5) is 27.9. The van der Waals surface area contributed by atoms with E-state index in [2.05, 4.69) is 24.1 Å². The lowest BCUT2D eigenvalue weighted by molar-refractivity contribution is -0.119. The molecule has 146 valence electrons. The summed E-state index contributed by atoms with van der Waals surface area (Å²) in [5.74, 6) is 0.816. The first-order chi connectivity index (χ1) is 12.5. The number of likely N-dealkylation sites (tertiary alicyclic amines) is 1. The molecule has 0 radical (unpaired) electrons. The minimum Gasteiger partial charge on any atom is -0.456 e. The number of nitrogens with one attached hydrogen (secondary N) is 1. The molecule has 1 aromatic heterocycles. The maximum absolute atomic E-state index is 12.6. The molecule has 7 heteroatoms. The van der Waals surface area contributed by atoms with Crippen LogP contribution >= 0.6 is 0 Å². The fourth-order valence-electron chi connectivity index (χ4n) is 3.41. The van der Waals surface area contributed by atoms with E-state index in [0.717, 1.165) is 63.3 Å². The molecule has 2 heterocycles. The average molecular weight is 364 g/mol. The van der Waals surface area contributed by atoms with Gasteiger partial charge in [-0.25, -0.2) is 0 Å². The van der Waals surface area contributed by atoms with E-state index in [0.29, 0.717) is 5.76 Å². The van der Waals surface area contributed by atoms with Crippen LogP contribution in [0.1, 0.15) is 55.5 Å². The van der Waals surface area contributed by atoms with E-state index in [1.807, 2.05) is 17.9 Å². The number of hydrogen-bond donors (Lipinski definition) is 2. The van der Waals surface area contributed by atoms with Gasteiger partial charge in [0.15, 0.2) is 5.76 Å². The van der Waals surface area contributed by atoms with Gasteiger partial charge < -0.3 is 15.5 Å². The summed E-state index contributed by atoms with van der Waals surface area (Å²) in [6.07, 6.45) is 2.40. The third-order valence-electron chi connectivity index (χ3n) is 5.03. The second kappa shape index (κ2) is 9.73. The SMILES string of the molecule is CCc1oc(C(=O)NC2CCN(CC(N)=O)CC2)cc1CN(CC)CC. The fraction of sp³-hybridized carbons (Fsp3) is 0.684. The summed E-state index contributed by atoms with van der Waals surface area (Å²) in [6, 6.07) is 1.99. The fourth-order valence-corrected chi connectivity index (χ4v) is 3.41. The first kappa shape index (κ1) is 20.5. The van der Waals surface area contributed by atoms with Gasteiger partial charge in [0, 0.05) is 37.7 Å². The largest absolute Gasteiger partial charge is 0.456 e. The van der Waals surface area contributed by atoms with Crippen LogP contribution in [0.25, 0.3) is 0 Å². The van der Waals surface area contributed by atoms with Gasteiger partial charge in [0.2, 0.25) is 5.91 Å². The highest BCUT2D eigenvalue weighted by Gasteiger charge is 2.24. The van der Waals surface area contributed by atoms with Crippen molar-refractivity contribution in [2.24, 2.45) is 5.73 Å². The van der Waals surface area contributed by atoms with Crippen molar-refractivity contribution in [2.45, 2.75) is 52.6 Å². The van der Waals surface area contributed by atoms with E-state index in [9.17, 15) is 9.59 Å². The van der Waals surface area contributed by atoms with Gasteiger partial charge in [-0.2, -0.15) is 0 Å². The lowest BCUT2D eigenvalue weighted by Gasteiger charge is -2.31. The highest BCUT2D eigenvalue weighted by atomic mass is 16.4. The quantitative estimate of drug-likeness (QED) is 0.690. The van der Waals surface area contributed by atoms with Crippen molar-refractivity contribution in [1.29, 1.82) is 0 Å². The molecule has 26 heavy (non-hydrogen) atoms. The Morgan fingerprint density at radius 1 is 1.27 bits per heavy atom. The van der Waals surface area contributed by atoms with E-state index < -0.39 is 0 Å². The van der Waals surface area contributed by atoms with Gasteiger partial charge in [-0.05, 0) is 32.0 Å². The summed E-state index contributed by atoms with van der Waals surface area (Å²) in [6.45, 7) is 10.9. The van der Waals surface area contributed by atoms with Crippen LogP contribution < -0.4 is 11.1 Å². The zero-order valence-electron chi connectivity index (χ0n) is 16.2. The Labute approximate surface area is 155 Å². The maximum Gasteiger partial charge on any atom is 0.287 e. The van der Waals surface area contributed by atoms with Crippen molar-refractivity contribution in [3.8, 4) is 0 Å². The normalized spacial score (nSPS) is 16.2. The highest BCUT2D eigenvalue weighted by Crippen LogP contribution is 2.19. The molecule has 0 aromatic carbocycles. The number of carbonyl (C=O) groups is 2. The lowest BCUT2D eigenvalue weighted by atomic mass is 10.0. The number of amides is 2. The molecule has 0 spiro atoms. The number of nitrogens with two attached hydrogens (primary N) is 1. The molecule has 1 aromatic rings. The van der Waals surface area contributed by atoms with Gasteiger partial charge in [-0.3, -0.25) is 19.4 Å². The van der Waals surface area contributed by atoms with Crippen molar-refractivity contribution in [2.75, 3.05) is 32.7 Å². The number of primary amides is 1. The Hall–Kier alpha value is -1.86.